The molecule has 1 aliphatic rings. The van der Waals surface area contributed by atoms with E-state index in [0.29, 0.717) is 12.8 Å². The first-order valence-corrected chi connectivity index (χ1v) is 10.4. The second kappa shape index (κ2) is 8.63. The Balaban J connectivity index is 1.48. The fourth-order valence-corrected chi connectivity index (χ4v) is 4.17. The quantitative estimate of drug-likeness (QED) is 0.494. The molecule has 2 atom stereocenters. The lowest BCUT2D eigenvalue weighted by Crippen LogP contribution is -2.15. The van der Waals surface area contributed by atoms with Crippen LogP contribution in [0.1, 0.15) is 30.4 Å². The van der Waals surface area contributed by atoms with Gasteiger partial charge in [-0.25, -0.2) is 13.2 Å². The van der Waals surface area contributed by atoms with Crippen LogP contribution in [0.4, 0.5) is 13.2 Å². The van der Waals surface area contributed by atoms with Gasteiger partial charge in [-0.2, -0.15) is 8.42 Å². The van der Waals surface area contributed by atoms with E-state index in [0.717, 1.165) is 24.1 Å². The van der Waals surface area contributed by atoms with E-state index in [2.05, 4.69) is 0 Å². The van der Waals surface area contributed by atoms with Crippen molar-refractivity contribution in [3.8, 4) is 0 Å². The Labute approximate surface area is 162 Å². The van der Waals surface area contributed by atoms with Gasteiger partial charge in [-0.15, -0.1) is 0 Å². The van der Waals surface area contributed by atoms with Crippen molar-refractivity contribution >= 4 is 10.1 Å². The molecule has 0 bridgehead atoms. The molecule has 28 heavy (non-hydrogen) atoms. The first kappa shape index (κ1) is 20.8. The van der Waals surface area contributed by atoms with E-state index in [9.17, 15) is 21.6 Å². The third-order valence-corrected chi connectivity index (χ3v) is 6.09. The Morgan fingerprint density at radius 1 is 1.04 bits per heavy atom. The summed E-state index contributed by atoms with van der Waals surface area (Å²) in [5.74, 6) is -4.00. The van der Waals surface area contributed by atoms with E-state index in [1.807, 2.05) is 6.92 Å². The summed E-state index contributed by atoms with van der Waals surface area (Å²) in [4.78, 5) is 0.115. The first-order valence-electron chi connectivity index (χ1n) is 8.95. The van der Waals surface area contributed by atoms with E-state index in [1.54, 1.807) is 12.1 Å². The summed E-state index contributed by atoms with van der Waals surface area (Å²) in [5, 5.41) is 0. The second-order valence-corrected chi connectivity index (χ2v) is 8.65. The summed E-state index contributed by atoms with van der Waals surface area (Å²) in [5.41, 5.74) is 1.16. The predicted molar refractivity (Wildman–Crippen MR) is 96.6 cm³/mol. The van der Waals surface area contributed by atoms with Crippen LogP contribution in [-0.4, -0.2) is 21.1 Å². The topological polar surface area (TPSA) is 52.6 Å². The molecule has 2 unspecified atom stereocenters. The first-order chi connectivity index (χ1) is 13.2. The molecule has 0 N–H and O–H groups in total. The fraction of sp³-hybridized carbons (Fsp3) is 0.400. The molecule has 2 aromatic carbocycles. The molecule has 1 aliphatic carbocycles. The smallest absolute Gasteiger partial charge is 0.296 e. The highest BCUT2D eigenvalue weighted by Crippen LogP contribution is 2.30. The molecule has 0 heterocycles. The number of rotatable bonds is 7. The number of aryl methyl sites for hydroxylation is 1. The summed E-state index contributed by atoms with van der Waals surface area (Å²) in [6, 6.07) is 8.23. The zero-order valence-corrected chi connectivity index (χ0v) is 16.1. The molecule has 0 aliphatic heterocycles. The summed E-state index contributed by atoms with van der Waals surface area (Å²) in [6.45, 7) is 1.87. The molecule has 0 aromatic heterocycles. The third kappa shape index (κ3) is 5.12. The zero-order chi connectivity index (χ0) is 20.3. The lowest BCUT2D eigenvalue weighted by molar-refractivity contribution is 0.0410. The molecule has 2 aromatic rings. The van der Waals surface area contributed by atoms with Crippen molar-refractivity contribution in [1.29, 1.82) is 0 Å². The van der Waals surface area contributed by atoms with Gasteiger partial charge in [-0.05, 0) is 61.9 Å². The van der Waals surface area contributed by atoms with E-state index in [1.165, 1.54) is 12.1 Å². The van der Waals surface area contributed by atoms with Crippen LogP contribution in [0.5, 0.6) is 0 Å². The fourth-order valence-electron chi connectivity index (χ4n) is 3.20. The van der Waals surface area contributed by atoms with Crippen molar-refractivity contribution in [3.05, 3.63) is 65.0 Å². The maximum Gasteiger partial charge on any atom is 0.296 e. The SMILES string of the molecule is Cc1ccc(S(=O)(=O)OCC2CCC(OCc3cc(F)c(F)c(F)c3)C2)cc1. The molecule has 0 radical (unpaired) electrons. The highest BCUT2D eigenvalue weighted by molar-refractivity contribution is 7.86. The van der Waals surface area contributed by atoms with E-state index < -0.39 is 27.6 Å². The highest BCUT2D eigenvalue weighted by atomic mass is 32.2. The molecule has 0 spiro atoms. The molecule has 8 heteroatoms. The van der Waals surface area contributed by atoms with Gasteiger partial charge in [0.2, 0.25) is 0 Å². The molecule has 3 rings (SSSR count). The number of ether oxygens (including phenoxy) is 1. The average Bonchev–Trinajstić information content (AvgIpc) is 3.11. The molecule has 152 valence electrons. The van der Waals surface area contributed by atoms with Crippen LogP contribution in [0.15, 0.2) is 41.3 Å². The minimum Gasteiger partial charge on any atom is -0.374 e. The third-order valence-electron chi connectivity index (χ3n) is 4.79. The van der Waals surface area contributed by atoms with Gasteiger partial charge in [0.25, 0.3) is 10.1 Å². The van der Waals surface area contributed by atoms with Crippen LogP contribution in [-0.2, 0) is 25.6 Å². The Kier molecular flexibility index (Phi) is 6.42. The van der Waals surface area contributed by atoms with Crippen LogP contribution in [0.2, 0.25) is 0 Å². The zero-order valence-electron chi connectivity index (χ0n) is 15.3. The van der Waals surface area contributed by atoms with Gasteiger partial charge in [-0.1, -0.05) is 17.7 Å². The molecule has 0 saturated heterocycles. The van der Waals surface area contributed by atoms with Crippen molar-refractivity contribution < 1.29 is 30.5 Å². The van der Waals surface area contributed by atoms with Gasteiger partial charge in [0, 0.05) is 0 Å². The van der Waals surface area contributed by atoms with E-state index in [4.69, 9.17) is 8.92 Å². The molecule has 0 amide bonds. The number of halogens is 3. The van der Waals surface area contributed by atoms with Gasteiger partial charge in [0.05, 0.1) is 24.2 Å². The number of hydrogen-bond acceptors (Lipinski definition) is 4. The minimum absolute atomic E-state index is 0.00640. The Hall–Kier alpha value is -1.90. The maximum atomic E-state index is 13.2. The second-order valence-electron chi connectivity index (χ2n) is 7.04. The van der Waals surface area contributed by atoms with Crippen molar-refractivity contribution in [2.45, 2.75) is 43.8 Å². The van der Waals surface area contributed by atoms with Crippen LogP contribution in [0.3, 0.4) is 0 Å². The van der Waals surface area contributed by atoms with Crippen LogP contribution in [0.25, 0.3) is 0 Å². The van der Waals surface area contributed by atoms with Crippen LogP contribution < -0.4 is 0 Å². The number of hydrogen-bond donors (Lipinski definition) is 0. The van der Waals surface area contributed by atoms with Crippen molar-refractivity contribution in [3.63, 3.8) is 0 Å². The minimum atomic E-state index is -3.81. The molecule has 1 saturated carbocycles. The lowest BCUT2D eigenvalue weighted by Gasteiger charge is -2.13. The monoisotopic (exact) mass is 414 g/mol. The van der Waals surface area contributed by atoms with E-state index >= 15 is 0 Å². The summed E-state index contributed by atoms with van der Waals surface area (Å²) >= 11 is 0. The average molecular weight is 414 g/mol. The largest absolute Gasteiger partial charge is 0.374 e. The van der Waals surface area contributed by atoms with Gasteiger partial charge in [-0.3, -0.25) is 4.18 Å². The molecule has 1 fully saturated rings. The van der Waals surface area contributed by atoms with Gasteiger partial charge < -0.3 is 4.74 Å². The van der Waals surface area contributed by atoms with E-state index in [-0.39, 0.29) is 35.7 Å². The standard InChI is InChI=1S/C20H21F3O4S/c1-13-2-6-17(7-3-13)28(24,25)27-12-14-4-5-16(8-14)26-11-15-9-18(21)20(23)19(22)10-15/h2-3,6-7,9-10,14,16H,4-5,8,11-12H2,1H3. The van der Waals surface area contributed by atoms with Crippen LogP contribution in [0, 0.1) is 30.3 Å². The van der Waals surface area contributed by atoms with Crippen molar-refractivity contribution in [1.82, 2.24) is 0 Å². The van der Waals surface area contributed by atoms with Crippen molar-refractivity contribution in [2.75, 3.05) is 6.61 Å². The molecule has 4 nitrogen and oxygen atoms in total. The maximum absolute atomic E-state index is 13.2. The predicted octanol–water partition coefficient (Wildman–Crippen LogP) is 4.50. The Morgan fingerprint density at radius 2 is 1.68 bits per heavy atom. The Morgan fingerprint density at radius 3 is 2.32 bits per heavy atom. The normalized spacial score (nSPS) is 19.9. The van der Waals surface area contributed by atoms with Crippen molar-refractivity contribution in [2.24, 2.45) is 5.92 Å². The van der Waals surface area contributed by atoms with Gasteiger partial charge in [0.15, 0.2) is 17.5 Å². The summed E-state index contributed by atoms with van der Waals surface area (Å²) in [7, 11) is -3.81. The number of benzene rings is 2. The summed E-state index contributed by atoms with van der Waals surface area (Å²) < 4.78 is 74.7. The summed E-state index contributed by atoms with van der Waals surface area (Å²) in [6.07, 6.45) is 1.81. The van der Waals surface area contributed by atoms with Gasteiger partial charge >= 0.3 is 0 Å². The Bertz CT molecular complexity index is 906. The van der Waals surface area contributed by atoms with Gasteiger partial charge in [0.1, 0.15) is 0 Å². The molecular weight excluding hydrogens is 393 g/mol. The van der Waals surface area contributed by atoms with Crippen LogP contribution >= 0.6 is 0 Å². The lowest BCUT2D eigenvalue weighted by atomic mass is 10.1. The molecular formula is C20H21F3O4S. The highest BCUT2D eigenvalue weighted by Gasteiger charge is 2.28.